The molecule has 0 spiro atoms. The van der Waals surface area contributed by atoms with Gasteiger partial charge in [0.05, 0.1) is 7.11 Å². The van der Waals surface area contributed by atoms with Gasteiger partial charge < -0.3 is 10.1 Å². The van der Waals surface area contributed by atoms with E-state index in [1.54, 1.807) is 14.2 Å². The Morgan fingerprint density at radius 3 is 3.06 bits per heavy atom. The second-order valence-electron chi connectivity index (χ2n) is 4.14. The first-order valence-electron chi connectivity index (χ1n) is 5.62. The first-order chi connectivity index (χ1) is 7.76. The molecule has 1 aliphatic rings. The first-order valence-corrected chi connectivity index (χ1v) is 5.62. The minimum absolute atomic E-state index is 0.112. The molecule has 0 bridgehead atoms. The van der Waals surface area contributed by atoms with Crippen molar-refractivity contribution < 1.29 is 9.53 Å². The van der Waals surface area contributed by atoms with Crippen molar-refractivity contribution in [2.75, 3.05) is 14.2 Å². The second kappa shape index (κ2) is 4.56. The van der Waals surface area contributed by atoms with Crippen LogP contribution in [-0.2, 0) is 11.2 Å². The average molecular weight is 219 g/mol. The van der Waals surface area contributed by atoms with E-state index in [1.165, 1.54) is 11.1 Å². The number of nitrogens with one attached hydrogen (secondary N) is 1. The van der Waals surface area contributed by atoms with Crippen molar-refractivity contribution in [3.05, 3.63) is 29.3 Å². The van der Waals surface area contributed by atoms with E-state index >= 15 is 0 Å². The van der Waals surface area contributed by atoms with Crippen molar-refractivity contribution in [3.63, 3.8) is 0 Å². The number of rotatable bonds is 3. The van der Waals surface area contributed by atoms with Crippen molar-refractivity contribution in [1.29, 1.82) is 0 Å². The lowest BCUT2D eigenvalue weighted by molar-refractivity contribution is -0.121. The third-order valence-corrected chi connectivity index (χ3v) is 3.28. The normalized spacial score (nSPS) is 18.0. The number of hydrogen-bond donors (Lipinski definition) is 1. The molecule has 1 aromatic rings. The number of ether oxygens (including phenoxy) is 1. The summed E-state index contributed by atoms with van der Waals surface area (Å²) in [7, 11) is 3.38. The molecular formula is C13H17NO2. The van der Waals surface area contributed by atoms with Crippen LogP contribution in [0.25, 0.3) is 0 Å². The highest BCUT2D eigenvalue weighted by atomic mass is 16.5. The van der Waals surface area contributed by atoms with E-state index in [2.05, 4.69) is 11.4 Å². The van der Waals surface area contributed by atoms with Crippen LogP contribution in [0.4, 0.5) is 0 Å². The maximum atomic E-state index is 11.4. The van der Waals surface area contributed by atoms with Crippen molar-refractivity contribution in [2.24, 2.45) is 0 Å². The second-order valence-corrected chi connectivity index (χ2v) is 4.14. The summed E-state index contributed by atoms with van der Waals surface area (Å²) in [5.74, 6) is 1.42. The molecule has 1 atom stereocenters. The highest BCUT2D eigenvalue weighted by molar-refractivity contribution is 5.76. The Morgan fingerprint density at radius 2 is 2.38 bits per heavy atom. The molecule has 16 heavy (non-hydrogen) atoms. The zero-order valence-corrected chi connectivity index (χ0v) is 9.75. The molecule has 0 aromatic heterocycles. The predicted octanol–water partition coefficient (Wildman–Crippen LogP) is 1.86. The van der Waals surface area contributed by atoms with Gasteiger partial charge in [-0.3, -0.25) is 4.79 Å². The van der Waals surface area contributed by atoms with Crippen LogP contribution in [0.5, 0.6) is 5.75 Å². The summed E-state index contributed by atoms with van der Waals surface area (Å²) in [4.78, 5) is 11.4. The van der Waals surface area contributed by atoms with Gasteiger partial charge in [0.15, 0.2) is 0 Å². The summed E-state index contributed by atoms with van der Waals surface area (Å²) in [5, 5.41) is 2.68. The van der Waals surface area contributed by atoms with E-state index in [9.17, 15) is 4.79 Å². The fourth-order valence-corrected chi connectivity index (χ4v) is 2.44. The third-order valence-electron chi connectivity index (χ3n) is 3.28. The zero-order valence-electron chi connectivity index (χ0n) is 9.75. The van der Waals surface area contributed by atoms with Crippen LogP contribution in [0.3, 0.4) is 0 Å². The number of benzene rings is 1. The Balaban J connectivity index is 2.23. The lowest BCUT2D eigenvalue weighted by atomic mass is 9.97. The Hall–Kier alpha value is -1.51. The van der Waals surface area contributed by atoms with Crippen LogP contribution in [-0.4, -0.2) is 20.1 Å². The van der Waals surface area contributed by atoms with Gasteiger partial charge >= 0.3 is 0 Å². The van der Waals surface area contributed by atoms with Crippen LogP contribution in [0, 0.1) is 0 Å². The predicted molar refractivity (Wildman–Crippen MR) is 62.7 cm³/mol. The minimum atomic E-state index is 0.112. The SMILES string of the molecule is CNC(=O)CC1CCc2c(OC)cccc21. The Kier molecular flexibility index (Phi) is 3.13. The van der Waals surface area contributed by atoms with Gasteiger partial charge in [0.2, 0.25) is 5.91 Å². The smallest absolute Gasteiger partial charge is 0.220 e. The lowest BCUT2D eigenvalue weighted by Gasteiger charge is -2.11. The zero-order chi connectivity index (χ0) is 11.5. The Labute approximate surface area is 95.8 Å². The number of hydrogen-bond acceptors (Lipinski definition) is 2. The van der Waals surface area contributed by atoms with Crippen LogP contribution >= 0.6 is 0 Å². The average Bonchev–Trinajstić information content (AvgIpc) is 2.72. The number of methoxy groups -OCH3 is 1. The third kappa shape index (κ3) is 1.90. The topological polar surface area (TPSA) is 38.3 Å². The fraction of sp³-hybridized carbons (Fsp3) is 0.462. The summed E-state index contributed by atoms with van der Waals surface area (Å²) in [6, 6.07) is 6.10. The monoisotopic (exact) mass is 219 g/mol. The van der Waals surface area contributed by atoms with Gasteiger partial charge in [-0.15, -0.1) is 0 Å². The van der Waals surface area contributed by atoms with Crippen molar-refractivity contribution in [2.45, 2.75) is 25.2 Å². The molecule has 3 heteroatoms. The Bertz CT molecular complexity index is 401. The maximum absolute atomic E-state index is 11.4. The molecule has 86 valence electrons. The van der Waals surface area contributed by atoms with Crippen LogP contribution in [0.2, 0.25) is 0 Å². The molecule has 0 heterocycles. The fourth-order valence-electron chi connectivity index (χ4n) is 2.44. The standard InChI is InChI=1S/C13H17NO2/c1-14-13(15)8-9-6-7-11-10(9)4-3-5-12(11)16-2/h3-5,9H,6-8H2,1-2H3,(H,14,15). The Morgan fingerprint density at radius 1 is 1.56 bits per heavy atom. The summed E-state index contributed by atoms with van der Waals surface area (Å²) in [6.07, 6.45) is 2.64. The van der Waals surface area contributed by atoms with Crippen molar-refractivity contribution in [3.8, 4) is 5.75 Å². The van der Waals surface area contributed by atoms with Crippen molar-refractivity contribution >= 4 is 5.91 Å². The molecule has 0 aliphatic heterocycles. The summed E-state index contributed by atoms with van der Waals surface area (Å²) >= 11 is 0. The molecule has 1 aliphatic carbocycles. The van der Waals surface area contributed by atoms with Crippen LogP contribution in [0.15, 0.2) is 18.2 Å². The maximum Gasteiger partial charge on any atom is 0.220 e. The summed E-state index contributed by atoms with van der Waals surface area (Å²) < 4.78 is 5.34. The molecule has 1 amide bonds. The lowest BCUT2D eigenvalue weighted by Crippen LogP contribution is -2.19. The van der Waals surface area contributed by atoms with Gasteiger partial charge in [-0.1, -0.05) is 12.1 Å². The summed E-state index contributed by atoms with van der Waals surface area (Å²) in [6.45, 7) is 0. The minimum Gasteiger partial charge on any atom is -0.496 e. The number of carbonyl (C=O) groups excluding carboxylic acids is 1. The highest BCUT2D eigenvalue weighted by Crippen LogP contribution is 2.39. The van der Waals surface area contributed by atoms with E-state index in [0.29, 0.717) is 12.3 Å². The van der Waals surface area contributed by atoms with Gasteiger partial charge in [0, 0.05) is 13.5 Å². The number of fused-ring (bicyclic) bond motifs is 1. The molecule has 2 rings (SSSR count). The molecule has 0 saturated carbocycles. The molecule has 1 unspecified atom stereocenters. The number of amides is 1. The van der Waals surface area contributed by atoms with Gasteiger partial charge in [0.25, 0.3) is 0 Å². The van der Waals surface area contributed by atoms with E-state index in [0.717, 1.165) is 18.6 Å². The molecule has 0 saturated heterocycles. The van der Waals surface area contributed by atoms with E-state index < -0.39 is 0 Å². The largest absolute Gasteiger partial charge is 0.496 e. The van der Waals surface area contributed by atoms with E-state index in [-0.39, 0.29) is 5.91 Å². The van der Waals surface area contributed by atoms with Crippen molar-refractivity contribution in [1.82, 2.24) is 5.32 Å². The van der Waals surface area contributed by atoms with E-state index in [1.807, 2.05) is 12.1 Å². The molecule has 0 fully saturated rings. The van der Waals surface area contributed by atoms with Crippen LogP contribution < -0.4 is 10.1 Å². The quantitative estimate of drug-likeness (QED) is 0.842. The van der Waals surface area contributed by atoms with E-state index in [4.69, 9.17) is 4.74 Å². The number of carbonyl (C=O) groups is 1. The molecule has 1 aromatic carbocycles. The van der Waals surface area contributed by atoms with Crippen LogP contribution in [0.1, 0.15) is 29.9 Å². The molecule has 1 N–H and O–H groups in total. The first kappa shape index (κ1) is 11.0. The molecular weight excluding hydrogens is 202 g/mol. The van der Waals surface area contributed by atoms with Gasteiger partial charge in [-0.25, -0.2) is 0 Å². The molecule has 3 nitrogen and oxygen atoms in total. The van der Waals surface area contributed by atoms with Gasteiger partial charge in [-0.2, -0.15) is 0 Å². The summed E-state index contributed by atoms with van der Waals surface area (Å²) in [5.41, 5.74) is 2.56. The van der Waals surface area contributed by atoms with Gasteiger partial charge in [0.1, 0.15) is 5.75 Å². The molecule has 0 radical (unpaired) electrons. The van der Waals surface area contributed by atoms with Gasteiger partial charge in [-0.05, 0) is 36.0 Å². The highest BCUT2D eigenvalue weighted by Gasteiger charge is 2.26.